The second kappa shape index (κ2) is 4.10. The van der Waals surface area contributed by atoms with E-state index in [-0.39, 0.29) is 4.90 Å². The lowest BCUT2D eigenvalue weighted by Crippen LogP contribution is -2.23. The first-order chi connectivity index (χ1) is 6.56. The lowest BCUT2D eigenvalue weighted by molar-refractivity contribution is 0.205. The summed E-state index contributed by atoms with van der Waals surface area (Å²) in [6, 6.07) is 7.44. The Hall–Kier alpha value is -1.56. The van der Waals surface area contributed by atoms with Gasteiger partial charge in [0, 0.05) is 7.05 Å². The minimum absolute atomic E-state index is 0.0522. The van der Waals surface area contributed by atoms with Crippen molar-refractivity contribution in [1.29, 1.82) is 0 Å². The second-order valence-corrected chi connectivity index (χ2v) is 3.93. The molecule has 1 rings (SSSR count). The predicted molar refractivity (Wildman–Crippen MR) is 49.2 cm³/mol. The molecule has 0 aliphatic heterocycles. The van der Waals surface area contributed by atoms with Gasteiger partial charge in [-0.2, -0.15) is 8.42 Å². The number of hydrogen-bond donors (Lipinski definition) is 1. The van der Waals surface area contributed by atoms with Crippen LogP contribution in [0.2, 0.25) is 0 Å². The molecule has 0 fully saturated rings. The molecule has 0 heterocycles. The number of rotatable bonds is 2. The number of benzene rings is 1. The van der Waals surface area contributed by atoms with Gasteiger partial charge in [-0.05, 0) is 12.1 Å². The molecule has 0 spiro atoms. The summed E-state index contributed by atoms with van der Waals surface area (Å²) in [4.78, 5) is 10.6. The first kappa shape index (κ1) is 10.5. The highest BCUT2D eigenvalue weighted by Crippen LogP contribution is 2.10. The molecule has 1 aromatic carbocycles. The summed E-state index contributed by atoms with van der Waals surface area (Å²) < 4.78 is 26.8. The Morgan fingerprint density at radius 3 is 2.36 bits per heavy atom. The molecule has 1 amide bonds. The number of carbonyl (C=O) groups is 1. The van der Waals surface area contributed by atoms with Crippen LogP contribution >= 0.6 is 0 Å². The molecule has 0 bridgehead atoms. The highest BCUT2D eigenvalue weighted by molar-refractivity contribution is 7.87. The van der Waals surface area contributed by atoms with Crippen molar-refractivity contribution in [3.8, 4) is 0 Å². The molecule has 5 nitrogen and oxygen atoms in total. The zero-order valence-corrected chi connectivity index (χ0v) is 8.24. The lowest BCUT2D eigenvalue weighted by Gasteiger charge is -2.03. The van der Waals surface area contributed by atoms with Gasteiger partial charge in [0.25, 0.3) is 0 Å². The first-order valence-electron chi connectivity index (χ1n) is 3.77. The normalized spacial score (nSPS) is 10.6. The molecular formula is C8H9NO4S. The zero-order chi connectivity index (χ0) is 10.6. The summed E-state index contributed by atoms with van der Waals surface area (Å²) in [5.74, 6) is 0. The summed E-state index contributed by atoms with van der Waals surface area (Å²) in [5.41, 5.74) is 0. The van der Waals surface area contributed by atoms with E-state index in [1.165, 1.54) is 19.2 Å². The number of nitrogens with one attached hydrogen (secondary N) is 1. The molecule has 1 N–H and O–H groups in total. The van der Waals surface area contributed by atoms with E-state index in [1.54, 1.807) is 18.2 Å². The molecule has 0 unspecified atom stereocenters. The van der Waals surface area contributed by atoms with Crippen LogP contribution in [0.15, 0.2) is 35.2 Å². The minimum atomic E-state index is -3.98. The van der Waals surface area contributed by atoms with Crippen LogP contribution in [-0.2, 0) is 14.3 Å². The van der Waals surface area contributed by atoms with E-state index in [0.29, 0.717) is 0 Å². The third-order valence-corrected chi connectivity index (χ3v) is 2.64. The van der Waals surface area contributed by atoms with Gasteiger partial charge < -0.3 is 9.50 Å². The minimum Gasteiger partial charge on any atom is -0.324 e. The standard InChI is InChI=1S/C8H9NO4S/c1-9-8(10)13-14(11,12)7-5-3-2-4-6-7/h2-6H,1H3,(H,9,10). The molecule has 0 aliphatic rings. The second-order valence-electron chi connectivity index (χ2n) is 2.39. The predicted octanol–water partition coefficient (Wildman–Crippen LogP) is 0.731. The molecule has 14 heavy (non-hydrogen) atoms. The first-order valence-corrected chi connectivity index (χ1v) is 5.18. The van der Waals surface area contributed by atoms with Crippen LogP contribution in [0, 0.1) is 0 Å². The topological polar surface area (TPSA) is 72.5 Å². The summed E-state index contributed by atoms with van der Waals surface area (Å²) in [6.07, 6.45) is -1.01. The van der Waals surface area contributed by atoms with Gasteiger partial charge in [-0.1, -0.05) is 18.2 Å². The Balaban J connectivity index is 2.93. The maximum Gasteiger partial charge on any atom is 0.422 e. The Morgan fingerprint density at radius 1 is 1.29 bits per heavy atom. The highest BCUT2D eigenvalue weighted by atomic mass is 32.2. The summed E-state index contributed by atoms with van der Waals surface area (Å²) >= 11 is 0. The molecule has 76 valence electrons. The molecule has 0 saturated heterocycles. The van der Waals surface area contributed by atoms with Crippen molar-refractivity contribution in [1.82, 2.24) is 5.32 Å². The smallest absolute Gasteiger partial charge is 0.324 e. The molecule has 0 atom stereocenters. The Labute approximate surface area is 81.8 Å². The van der Waals surface area contributed by atoms with Crippen molar-refractivity contribution >= 4 is 16.2 Å². The van der Waals surface area contributed by atoms with Crippen LogP contribution in [0.1, 0.15) is 0 Å². The summed E-state index contributed by atoms with van der Waals surface area (Å²) in [6.45, 7) is 0. The molecule has 0 radical (unpaired) electrons. The monoisotopic (exact) mass is 215 g/mol. The quantitative estimate of drug-likeness (QED) is 0.738. The maximum absolute atomic E-state index is 11.3. The van der Waals surface area contributed by atoms with Gasteiger partial charge in [-0.15, -0.1) is 0 Å². The largest absolute Gasteiger partial charge is 0.422 e. The summed E-state index contributed by atoms with van der Waals surface area (Å²) in [5, 5.41) is 2.05. The highest BCUT2D eigenvalue weighted by Gasteiger charge is 2.18. The fourth-order valence-electron chi connectivity index (χ4n) is 0.777. The average Bonchev–Trinajstić information content (AvgIpc) is 2.18. The Kier molecular flexibility index (Phi) is 3.08. The molecule has 0 aliphatic carbocycles. The van der Waals surface area contributed by atoms with Crippen LogP contribution in [0.5, 0.6) is 0 Å². The van der Waals surface area contributed by atoms with Gasteiger partial charge in [0.15, 0.2) is 0 Å². The van der Waals surface area contributed by atoms with Crippen molar-refractivity contribution in [3.05, 3.63) is 30.3 Å². The van der Waals surface area contributed by atoms with E-state index in [4.69, 9.17) is 0 Å². The van der Waals surface area contributed by atoms with Crippen LogP contribution in [-0.4, -0.2) is 21.6 Å². The van der Waals surface area contributed by atoms with Gasteiger partial charge in [-0.3, -0.25) is 0 Å². The number of hydrogen-bond acceptors (Lipinski definition) is 4. The maximum atomic E-state index is 11.3. The van der Waals surface area contributed by atoms with Crippen LogP contribution in [0.3, 0.4) is 0 Å². The Bertz CT molecular complexity index is 412. The van der Waals surface area contributed by atoms with E-state index < -0.39 is 16.2 Å². The molecule has 6 heteroatoms. The molecule has 0 saturated carbocycles. The van der Waals surface area contributed by atoms with Gasteiger partial charge in [0.2, 0.25) is 0 Å². The van der Waals surface area contributed by atoms with Crippen molar-refractivity contribution < 1.29 is 17.4 Å². The van der Waals surface area contributed by atoms with Gasteiger partial charge >= 0.3 is 16.2 Å². The van der Waals surface area contributed by atoms with Gasteiger partial charge in [-0.25, -0.2) is 4.79 Å². The average molecular weight is 215 g/mol. The van der Waals surface area contributed by atoms with Crippen LogP contribution in [0.4, 0.5) is 4.79 Å². The van der Waals surface area contributed by atoms with E-state index in [9.17, 15) is 13.2 Å². The van der Waals surface area contributed by atoms with E-state index in [0.717, 1.165) is 0 Å². The fourth-order valence-corrected chi connectivity index (χ4v) is 1.65. The van der Waals surface area contributed by atoms with Gasteiger partial charge in [0.1, 0.15) is 4.90 Å². The molecule has 0 aromatic heterocycles. The van der Waals surface area contributed by atoms with Crippen LogP contribution in [0.25, 0.3) is 0 Å². The van der Waals surface area contributed by atoms with Crippen molar-refractivity contribution in [2.45, 2.75) is 4.90 Å². The number of carbonyl (C=O) groups excluding carboxylic acids is 1. The van der Waals surface area contributed by atoms with Crippen molar-refractivity contribution in [2.75, 3.05) is 7.05 Å². The Morgan fingerprint density at radius 2 is 1.86 bits per heavy atom. The van der Waals surface area contributed by atoms with Crippen molar-refractivity contribution in [3.63, 3.8) is 0 Å². The molecular weight excluding hydrogens is 206 g/mol. The molecule has 1 aromatic rings. The van der Waals surface area contributed by atoms with E-state index in [2.05, 4.69) is 9.50 Å². The summed E-state index contributed by atoms with van der Waals surface area (Å²) in [7, 11) is -2.70. The third kappa shape index (κ3) is 2.46. The van der Waals surface area contributed by atoms with E-state index in [1.807, 2.05) is 0 Å². The number of amides is 1. The fraction of sp³-hybridized carbons (Fsp3) is 0.125. The zero-order valence-electron chi connectivity index (χ0n) is 7.43. The SMILES string of the molecule is CNC(=O)OS(=O)(=O)c1ccccc1. The lowest BCUT2D eigenvalue weighted by atomic mass is 10.4. The van der Waals surface area contributed by atoms with Crippen molar-refractivity contribution in [2.24, 2.45) is 0 Å². The van der Waals surface area contributed by atoms with E-state index >= 15 is 0 Å². The third-order valence-electron chi connectivity index (χ3n) is 1.42. The van der Waals surface area contributed by atoms with Crippen LogP contribution < -0.4 is 5.32 Å². The van der Waals surface area contributed by atoms with Gasteiger partial charge in [0.05, 0.1) is 0 Å².